The normalized spacial score (nSPS) is 20.2. The van der Waals surface area contributed by atoms with Gasteiger partial charge in [0.1, 0.15) is 0 Å². The molecule has 3 amide bonds. The largest absolute Gasteiger partial charge is 0.392 e. The third kappa shape index (κ3) is 4.06. The number of nitrogens with one attached hydrogen (secondary N) is 3. The van der Waals surface area contributed by atoms with Crippen LogP contribution in [0.3, 0.4) is 0 Å². The van der Waals surface area contributed by atoms with Crippen molar-refractivity contribution in [1.29, 1.82) is 0 Å². The maximum atomic E-state index is 12.3. The lowest BCUT2D eigenvalue weighted by molar-refractivity contribution is -0.150. The number of anilines is 1. The van der Waals surface area contributed by atoms with Crippen LogP contribution in [-0.4, -0.2) is 41.9 Å². The molecule has 0 aromatic carbocycles. The van der Waals surface area contributed by atoms with E-state index in [1.807, 2.05) is 0 Å². The first-order valence-electron chi connectivity index (χ1n) is 6.48. The third-order valence-electron chi connectivity index (χ3n) is 3.23. The Labute approximate surface area is 123 Å². The molecule has 1 aromatic heterocycles. The molecule has 0 bridgehead atoms. The second-order valence-electron chi connectivity index (χ2n) is 4.86. The molecule has 1 saturated carbocycles. The van der Waals surface area contributed by atoms with Crippen molar-refractivity contribution in [3.05, 3.63) is 17.8 Å². The summed E-state index contributed by atoms with van der Waals surface area (Å²) in [6, 6.07) is 2.06. The fraction of sp³-hybridized carbons (Fsp3) is 0.500. The molecule has 0 unspecified atom stereocenters. The maximum absolute atomic E-state index is 12.3. The van der Waals surface area contributed by atoms with E-state index in [1.165, 1.54) is 19.2 Å². The highest BCUT2D eigenvalue weighted by Crippen LogP contribution is 2.49. The van der Waals surface area contributed by atoms with Crippen LogP contribution in [0.5, 0.6) is 0 Å². The number of carbonyl (C=O) groups excluding carboxylic acids is 2. The van der Waals surface area contributed by atoms with Gasteiger partial charge in [-0.2, -0.15) is 13.2 Å². The van der Waals surface area contributed by atoms with Crippen molar-refractivity contribution in [3.63, 3.8) is 0 Å². The molecule has 7 nitrogen and oxygen atoms in total. The number of amides is 3. The highest BCUT2D eigenvalue weighted by Gasteiger charge is 2.55. The summed E-state index contributed by atoms with van der Waals surface area (Å²) in [5, 5.41) is 14.3. The van der Waals surface area contributed by atoms with Crippen LogP contribution in [0.25, 0.3) is 0 Å². The molecule has 1 aliphatic rings. The molecule has 2 rings (SSSR count). The highest BCUT2D eigenvalue weighted by atomic mass is 19.4. The Bertz CT molecular complexity index is 561. The van der Waals surface area contributed by atoms with Gasteiger partial charge in [-0.3, -0.25) is 10.1 Å². The van der Waals surface area contributed by atoms with Gasteiger partial charge in [-0.25, -0.2) is 4.79 Å². The van der Waals surface area contributed by atoms with Gasteiger partial charge < -0.3 is 10.6 Å². The average molecular weight is 317 g/mol. The van der Waals surface area contributed by atoms with Crippen LogP contribution < -0.4 is 16.0 Å². The zero-order chi connectivity index (χ0) is 16.3. The van der Waals surface area contributed by atoms with E-state index in [1.54, 1.807) is 0 Å². The summed E-state index contributed by atoms with van der Waals surface area (Å²) in [6.07, 6.45) is -4.17. The number of urea groups is 1. The molecule has 2 atom stereocenters. The number of aromatic nitrogens is 2. The minimum Gasteiger partial charge on any atom is -0.354 e. The van der Waals surface area contributed by atoms with E-state index >= 15 is 0 Å². The van der Waals surface area contributed by atoms with E-state index in [2.05, 4.69) is 26.1 Å². The van der Waals surface area contributed by atoms with Gasteiger partial charge in [-0.1, -0.05) is 0 Å². The zero-order valence-electron chi connectivity index (χ0n) is 11.6. The summed E-state index contributed by atoms with van der Waals surface area (Å²) in [5.41, 5.74) is 0.0828. The Kier molecular flexibility index (Phi) is 4.48. The van der Waals surface area contributed by atoms with E-state index in [4.69, 9.17) is 0 Å². The van der Waals surface area contributed by atoms with E-state index in [-0.39, 0.29) is 24.5 Å². The third-order valence-corrected chi connectivity index (χ3v) is 3.23. The predicted octanol–water partition coefficient (Wildman–Crippen LogP) is 1.16. The van der Waals surface area contributed by atoms with Crippen LogP contribution in [0.2, 0.25) is 0 Å². The van der Waals surface area contributed by atoms with Gasteiger partial charge in [-0.05, 0) is 24.5 Å². The lowest BCUT2D eigenvalue weighted by Gasteiger charge is -2.08. The summed E-state index contributed by atoms with van der Waals surface area (Å²) >= 11 is 0. The molecule has 1 aliphatic carbocycles. The topological polar surface area (TPSA) is 96.0 Å². The number of rotatable bonds is 4. The molecule has 22 heavy (non-hydrogen) atoms. The summed E-state index contributed by atoms with van der Waals surface area (Å²) < 4.78 is 36.9. The molecule has 1 aromatic rings. The van der Waals surface area contributed by atoms with E-state index in [0.29, 0.717) is 0 Å². The highest BCUT2D eigenvalue weighted by molar-refractivity contribution is 5.92. The molecule has 0 saturated heterocycles. The Balaban J connectivity index is 1.77. The van der Waals surface area contributed by atoms with Crippen LogP contribution >= 0.6 is 0 Å². The minimum atomic E-state index is -4.20. The molecule has 0 spiro atoms. The van der Waals surface area contributed by atoms with Crippen molar-refractivity contribution < 1.29 is 22.8 Å². The van der Waals surface area contributed by atoms with Gasteiger partial charge >= 0.3 is 12.2 Å². The van der Waals surface area contributed by atoms with Crippen molar-refractivity contribution in [2.24, 2.45) is 11.8 Å². The summed E-state index contributed by atoms with van der Waals surface area (Å²) in [4.78, 5) is 22.8. The molecule has 120 valence electrons. The zero-order valence-corrected chi connectivity index (χ0v) is 11.6. The molecule has 1 heterocycles. The quantitative estimate of drug-likeness (QED) is 0.776. The van der Waals surface area contributed by atoms with Crippen molar-refractivity contribution >= 4 is 17.8 Å². The predicted molar refractivity (Wildman–Crippen MR) is 70.1 cm³/mol. The van der Waals surface area contributed by atoms with E-state index in [9.17, 15) is 22.8 Å². The minimum absolute atomic E-state index is 0.0322. The van der Waals surface area contributed by atoms with Crippen molar-refractivity contribution in [2.75, 3.05) is 18.9 Å². The number of hydrogen-bond donors (Lipinski definition) is 3. The lowest BCUT2D eigenvalue weighted by Crippen LogP contribution is -2.32. The Morgan fingerprint density at radius 2 is 2.05 bits per heavy atom. The Morgan fingerprint density at radius 3 is 2.55 bits per heavy atom. The van der Waals surface area contributed by atoms with Crippen molar-refractivity contribution in [3.8, 4) is 0 Å². The summed E-state index contributed by atoms with van der Waals surface area (Å²) in [5.74, 6) is -2.24. The molecular formula is C12H14F3N5O2. The SMILES string of the molecule is CNC(=O)c1ccc(NC(=O)NC[C@@H]2C[C@H]2C(F)(F)F)nn1. The van der Waals surface area contributed by atoms with Gasteiger partial charge in [0.05, 0.1) is 5.92 Å². The second kappa shape index (κ2) is 6.16. The fourth-order valence-corrected chi connectivity index (χ4v) is 1.91. The lowest BCUT2D eigenvalue weighted by atomic mass is 10.3. The smallest absolute Gasteiger partial charge is 0.354 e. The number of alkyl halides is 3. The van der Waals surface area contributed by atoms with E-state index in [0.717, 1.165) is 0 Å². The molecule has 0 aliphatic heterocycles. The first-order chi connectivity index (χ1) is 10.3. The molecule has 1 fully saturated rings. The number of carbonyl (C=O) groups is 2. The average Bonchev–Trinajstić information content (AvgIpc) is 3.25. The van der Waals surface area contributed by atoms with Gasteiger partial charge in [0, 0.05) is 13.6 Å². The van der Waals surface area contributed by atoms with Crippen LogP contribution in [0.4, 0.5) is 23.8 Å². The second-order valence-corrected chi connectivity index (χ2v) is 4.86. The molecule has 10 heteroatoms. The van der Waals surface area contributed by atoms with Crippen molar-refractivity contribution in [1.82, 2.24) is 20.8 Å². The Morgan fingerprint density at radius 1 is 1.32 bits per heavy atom. The van der Waals surface area contributed by atoms with Crippen LogP contribution in [0, 0.1) is 11.8 Å². The van der Waals surface area contributed by atoms with Gasteiger partial charge in [0.15, 0.2) is 11.5 Å². The Hall–Kier alpha value is -2.39. The molecule has 3 N–H and O–H groups in total. The first kappa shape index (κ1) is 16.0. The summed E-state index contributed by atoms with van der Waals surface area (Å²) in [7, 11) is 1.44. The first-order valence-corrected chi connectivity index (χ1v) is 6.48. The van der Waals surface area contributed by atoms with E-state index < -0.39 is 30.0 Å². The van der Waals surface area contributed by atoms with Crippen LogP contribution in [0.1, 0.15) is 16.9 Å². The fourth-order valence-electron chi connectivity index (χ4n) is 1.91. The van der Waals surface area contributed by atoms with Crippen molar-refractivity contribution in [2.45, 2.75) is 12.6 Å². The van der Waals surface area contributed by atoms with Crippen LogP contribution in [-0.2, 0) is 0 Å². The maximum Gasteiger partial charge on any atom is 0.392 e. The molecule has 0 radical (unpaired) electrons. The number of nitrogens with zero attached hydrogens (tertiary/aromatic N) is 2. The van der Waals surface area contributed by atoms with Gasteiger partial charge in [0.25, 0.3) is 5.91 Å². The van der Waals surface area contributed by atoms with Gasteiger partial charge in [0.2, 0.25) is 0 Å². The van der Waals surface area contributed by atoms with Gasteiger partial charge in [-0.15, -0.1) is 10.2 Å². The molecular weight excluding hydrogens is 303 g/mol. The number of halogens is 3. The standard InChI is InChI=1S/C12H14F3N5O2/c1-16-10(21)8-2-3-9(20-19-8)18-11(22)17-5-6-4-7(6)12(13,14)15/h2-3,6-7H,4-5H2,1H3,(H,16,21)(H2,17,18,20,22)/t6-,7+/m0/s1. The van der Waals surface area contributed by atoms with Crippen LogP contribution in [0.15, 0.2) is 12.1 Å². The summed E-state index contributed by atoms with van der Waals surface area (Å²) in [6.45, 7) is -0.0558. The monoisotopic (exact) mass is 317 g/mol. The number of hydrogen-bond acceptors (Lipinski definition) is 4.